The lowest BCUT2D eigenvalue weighted by atomic mass is 10.1. The number of thiophene rings is 1. The van der Waals surface area contributed by atoms with Crippen LogP contribution in [0.1, 0.15) is 29.0 Å². The number of hydrogen-bond donors (Lipinski definition) is 2. The number of rotatable bonds is 5. The van der Waals surface area contributed by atoms with Gasteiger partial charge in [-0.2, -0.15) is 0 Å². The zero-order valence-electron chi connectivity index (χ0n) is 11.7. The minimum atomic E-state index is -3.77. The van der Waals surface area contributed by atoms with E-state index in [0.717, 1.165) is 16.9 Å². The number of carbonyl (C=O) groups is 1. The van der Waals surface area contributed by atoms with Gasteiger partial charge in [0.15, 0.2) is 0 Å². The fourth-order valence-corrected chi connectivity index (χ4v) is 3.60. The predicted octanol–water partition coefficient (Wildman–Crippen LogP) is 1.54. The zero-order chi connectivity index (χ0) is 16.3. The molecule has 1 unspecified atom stereocenters. The first kappa shape index (κ1) is 16.6. The molecule has 3 N–H and O–H groups in total. The van der Waals surface area contributed by atoms with Gasteiger partial charge in [-0.05, 0) is 17.2 Å². The molecule has 22 heavy (non-hydrogen) atoms. The van der Waals surface area contributed by atoms with Crippen molar-refractivity contribution in [3.8, 4) is 0 Å². The smallest absolute Gasteiger partial charge is 0.302 e. The summed E-state index contributed by atoms with van der Waals surface area (Å²) >= 11 is 1.12. The normalized spacial score (nSPS) is 12.9. The number of benzene rings is 1. The Bertz CT molecular complexity index is 765. The average molecular weight is 341 g/mol. The number of ether oxygens (including phenoxy) is 1. The minimum Gasteiger partial charge on any atom is -0.461 e. The summed E-state index contributed by atoms with van der Waals surface area (Å²) in [6, 6.07) is 8.21. The van der Waals surface area contributed by atoms with Crippen molar-refractivity contribution in [1.82, 2.24) is 0 Å². The van der Waals surface area contributed by atoms with Crippen LogP contribution in [-0.2, 0) is 26.2 Å². The Morgan fingerprint density at radius 3 is 2.50 bits per heavy atom. The summed E-state index contributed by atoms with van der Waals surface area (Å²) in [5.74, 6) is -0.363. The van der Waals surface area contributed by atoms with Gasteiger partial charge in [0.1, 0.15) is 12.7 Å². The highest BCUT2D eigenvalue weighted by Crippen LogP contribution is 2.29. The molecule has 0 fully saturated rings. The number of hydrogen-bond acceptors (Lipinski definition) is 6. The zero-order valence-corrected chi connectivity index (χ0v) is 13.4. The maximum atomic E-state index is 11.2. The Labute approximate surface area is 132 Å². The van der Waals surface area contributed by atoms with Gasteiger partial charge >= 0.3 is 5.97 Å². The van der Waals surface area contributed by atoms with Crippen LogP contribution in [0.25, 0.3) is 0 Å². The van der Waals surface area contributed by atoms with Gasteiger partial charge in [0.25, 0.3) is 0 Å². The topological polar surface area (TPSA) is 107 Å². The van der Waals surface area contributed by atoms with E-state index in [4.69, 9.17) is 9.88 Å². The molecule has 1 atom stereocenters. The largest absolute Gasteiger partial charge is 0.461 e. The monoisotopic (exact) mass is 341 g/mol. The van der Waals surface area contributed by atoms with Crippen LogP contribution in [0.4, 0.5) is 0 Å². The van der Waals surface area contributed by atoms with Crippen LogP contribution in [0.15, 0.2) is 40.6 Å². The Balaban J connectivity index is 2.14. The third kappa shape index (κ3) is 4.14. The molecule has 1 aromatic heterocycles. The molecular formula is C14H15NO5S2. The summed E-state index contributed by atoms with van der Waals surface area (Å²) in [4.78, 5) is 11.2. The Morgan fingerprint density at radius 1 is 1.36 bits per heavy atom. The van der Waals surface area contributed by atoms with Crippen molar-refractivity contribution < 1.29 is 23.1 Å². The molecular weight excluding hydrogens is 326 g/mol. The standard InChI is InChI=1S/C14H15NO5S2/c1-9(16)20-7-10-2-4-11(5-3-10)14(17)13-6-12(8-21-13)22(15,18)19/h2-6,8,14,17H,7H2,1H3,(H2,15,18,19). The van der Waals surface area contributed by atoms with Gasteiger partial charge in [-0.25, -0.2) is 13.6 Å². The van der Waals surface area contributed by atoms with Crippen molar-refractivity contribution in [2.75, 3.05) is 0 Å². The number of primary sulfonamides is 1. The molecule has 0 bridgehead atoms. The van der Waals surface area contributed by atoms with E-state index in [1.54, 1.807) is 24.3 Å². The highest BCUT2D eigenvalue weighted by atomic mass is 32.2. The van der Waals surface area contributed by atoms with E-state index in [9.17, 15) is 18.3 Å². The molecule has 0 saturated carbocycles. The van der Waals surface area contributed by atoms with Crippen molar-refractivity contribution in [3.63, 3.8) is 0 Å². The maximum absolute atomic E-state index is 11.2. The summed E-state index contributed by atoms with van der Waals surface area (Å²) in [5, 5.41) is 16.7. The van der Waals surface area contributed by atoms with Crippen LogP contribution in [0.2, 0.25) is 0 Å². The van der Waals surface area contributed by atoms with Gasteiger partial charge in [-0.3, -0.25) is 4.79 Å². The van der Waals surface area contributed by atoms with Crippen LogP contribution in [0.5, 0.6) is 0 Å². The fourth-order valence-electron chi connectivity index (χ4n) is 1.77. The third-order valence-corrected chi connectivity index (χ3v) is 4.96. The van der Waals surface area contributed by atoms with Gasteiger partial charge < -0.3 is 9.84 Å². The number of esters is 1. The van der Waals surface area contributed by atoms with Crippen molar-refractivity contribution >= 4 is 27.3 Å². The van der Waals surface area contributed by atoms with Crippen LogP contribution >= 0.6 is 11.3 Å². The molecule has 0 aliphatic rings. The van der Waals surface area contributed by atoms with E-state index < -0.39 is 16.1 Å². The second-order valence-corrected chi connectivity index (χ2v) is 7.16. The van der Waals surface area contributed by atoms with E-state index in [1.165, 1.54) is 18.4 Å². The van der Waals surface area contributed by atoms with Gasteiger partial charge in [0.2, 0.25) is 10.0 Å². The quantitative estimate of drug-likeness (QED) is 0.802. The summed E-state index contributed by atoms with van der Waals surface area (Å²) in [6.45, 7) is 1.50. The molecule has 0 saturated heterocycles. The second kappa shape index (κ2) is 6.57. The summed E-state index contributed by atoms with van der Waals surface area (Å²) in [6.07, 6.45) is -0.941. The van der Waals surface area contributed by atoms with Crippen LogP contribution in [-0.4, -0.2) is 19.5 Å². The molecule has 1 aromatic carbocycles. The minimum absolute atomic E-state index is 0.0157. The third-order valence-electron chi connectivity index (χ3n) is 2.93. The molecule has 0 aliphatic heterocycles. The lowest BCUT2D eigenvalue weighted by Gasteiger charge is -2.10. The van der Waals surface area contributed by atoms with Crippen molar-refractivity contribution in [3.05, 3.63) is 51.7 Å². The van der Waals surface area contributed by atoms with E-state index in [-0.39, 0.29) is 17.5 Å². The lowest BCUT2D eigenvalue weighted by Crippen LogP contribution is -2.10. The molecule has 8 heteroatoms. The number of carbonyl (C=O) groups excluding carboxylic acids is 1. The first-order valence-electron chi connectivity index (χ1n) is 6.29. The molecule has 0 radical (unpaired) electrons. The SMILES string of the molecule is CC(=O)OCc1ccc(C(O)c2cc(S(N)(=O)=O)cs2)cc1. The first-order chi connectivity index (χ1) is 10.3. The number of aliphatic hydroxyl groups excluding tert-OH is 1. The highest BCUT2D eigenvalue weighted by Gasteiger charge is 2.17. The number of sulfonamides is 1. The average Bonchev–Trinajstić information content (AvgIpc) is 2.94. The summed E-state index contributed by atoms with van der Waals surface area (Å²) in [5.41, 5.74) is 1.40. The lowest BCUT2D eigenvalue weighted by molar-refractivity contribution is -0.142. The molecule has 2 aromatic rings. The Hall–Kier alpha value is -1.74. The molecule has 2 rings (SSSR count). The number of nitrogens with two attached hydrogens (primary N) is 1. The Morgan fingerprint density at radius 2 is 2.00 bits per heavy atom. The van der Waals surface area contributed by atoms with Gasteiger partial charge in [0.05, 0.1) is 4.90 Å². The van der Waals surface area contributed by atoms with Gasteiger partial charge in [-0.15, -0.1) is 11.3 Å². The molecule has 0 amide bonds. The highest BCUT2D eigenvalue weighted by molar-refractivity contribution is 7.89. The number of aliphatic hydroxyl groups is 1. The maximum Gasteiger partial charge on any atom is 0.302 e. The van der Waals surface area contributed by atoms with Gasteiger partial charge in [0, 0.05) is 17.2 Å². The molecule has 118 valence electrons. The molecule has 0 aliphatic carbocycles. The van der Waals surface area contributed by atoms with E-state index in [1.807, 2.05) is 0 Å². The van der Waals surface area contributed by atoms with E-state index in [2.05, 4.69) is 0 Å². The summed E-state index contributed by atoms with van der Waals surface area (Å²) in [7, 11) is -3.77. The molecule has 0 spiro atoms. The van der Waals surface area contributed by atoms with E-state index in [0.29, 0.717) is 10.4 Å². The van der Waals surface area contributed by atoms with Crippen LogP contribution in [0.3, 0.4) is 0 Å². The first-order valence-corrected chi connectivity index (χ1v) is 8.71. The van der Waals surface area contributed by atoms with Crippen molar-refractivity contribution in [1.29, 1.82) is 0 Å². The Kier molecular flexibility index (Phi) is 4.97. The fraction of sp³-hybridized carbons (Fsp3) is 0.214. The van der Waals surface area contributed by atoms with Crippen LogP contribution in [0, 0.1) is 0 Å². The van der Waals surface area contributed by atoms with E-state index >= 15 is 0 Å². The predicted molar refractivity (Wildman–Crippen MR) is 81.7 cm³/mol. The second-order valence-electron chi connectivity index (χ2n) is 4.65. The van der Waals surface area contributed by atoms with Gasteiger partial charge in [-0.1, -0.05) is 24.3 Å². The van der Waals surface area contributed by atoms with Crippen molar-refractivity contribution in [2.24, 2.45) is 5.14 Å². The van der Waals surface area contributed by atoms with Crippen LogP contribution < -0.4 is 5.14 Å². The molecule has 6 nitrogen and oxygen atoms in total. The van der Waals surface area contributed by atoms with Crippen molar-refractivity contribution in [2.45, 2.75) is 24.5 Å². The summed E-state index contributed by atoms with van der Waals surface area (Å²) < 4.78 is 27.4. The molecule has 1 heterocycles.